The number of ether oxygens (including phenoxy) is 1. The highest BCUT2D eigenvalue weighted by Gasteiger charge is 2.20. The van der Waals surface area contributed by atoms with E-state index < -0.39 is 0 Å². The Balaban J connectivity index is 0.00000220. The summed E-state index contributed by atoms with van der Waals surface area (Å²) in [6, 6.07) is 8.07. The Morgan fingerprint density at radius 2 is 1.90 bits per heavy atom. The zero-order valence-corrected chi connectivity index (χ0v) is 13.6. The Bertz CT molecular complexity index is 430. The normalized spacial score (nSPS) is 16.0. The van der Waals surface area contributed by atoms with Crippen molar-refractivity contribution in [3.63, 3.8) is 0 Å². The second kappa shape index (κ2) is 8.90. The average molecular weight is 313 g/mol. The number of benzene rings is 1. The maximum absolute atomic E-state index is 12.3. The van der Waals surface area contributed by atoms with Gasteiger partial charge in [0.15, 0.2) is 0 Å². The minimum atomic E-state index is 0. The van der Waals surface area contributed by atoms with Gasteiger partial charge in [0.25, 0.3) is 0 Å². The van der Waals surface area contributed by atoms with Gasteiger partial charge in [-0.3, -0.25) is 4.79 Å². The van der Waals surface area contributed by atoms with E-state index in [1.807, 2.05) is 17.0 Å². The molecule has 1 heterocycles. The minimum absolute atomic E-state index is 0. The molecule has 0 bridgehead atoms. The lowest BCUT2D eigenvalue weighted by atomic mass is 9.92. The molecule has 1 aromatic rings. The van der Waals surface area contributed by atoms with Gasteiger partial charge in [-0.25, -0.2) is 0 Å². The van der Waals surface area contributed by atoms with E-state index in [-0.39, 0.29) is 18.3 Å². The monoisotopic (exact) mass is 312 g/mol. The first-order valence-electron chi connectivity index (χ1n) is 7.37. The van der Waals surface area contributed by atoms with Crippen LogP contribution >= 0.6 is 12.4 Å². The Morgan fingerprint density at radius 3 is 2.43 bits per heavy atom. The summed E-state index contributed by atoms with van der Waals surface area (Å²) in [5, 5.41) is 3.27. The fourth-order valence-electron chi connectivity index (χ4n) is 2.63. The first kappa shape index (κ1) is 17.8. The number of carbonyl (C=O) groups is 1. The molecule has 1 aliphatic heterocycles. The number of nitrogens with one attached hydrogen (secondary N) is 1. The molecule has 0 radical (unpaired) electrons. The number of rotatable bonds is 5. The molecule has 1 fully saturated rings. The molecule has 5 heteroatoms. The molecule has 4 nitrogen and oxygen atoms in total. The van der Waals surface area contributed by atoms with Gasteiger partial charge in [-0.2, -0.15) is 0 Å². The Morgan fingerprint density at radius 1 is 1.29 bits per heavy atom. The van der Waals surface area contributed by atoms with Crippen molar-refractivity contribution in [2.45, 2.75) is 25.7 Å². The Hall–Kier alpha value is -1.26. The molecule has 1 unspecified atom stereocenters. The highest BCUT2D eigenvalue weighted by atomic mass is 35.5. The molecule has 1 aliphatic rings. The first-order valence-corrected chi connectivity index (χ1v) is 7.37. The topological polar surface area (TPSA) is 41.6 Å². The number of hydrogen-bond acceptors (Lipinski definition) is 3. The number of amides is 1. The quantitative estimate of drug-likeness (QED) is 0.908. The van der Waals surface area contributed by atoms with Crippen LogP contribution in [0.5, 0.6) is 5.75 Å². The number of carbonyl (C=O) groups excluding carboxylic acids is 1. The van der Waals surface area contributed by atoms with Crippen LogP contribution in [-0.4, -0.2) is 44.1 Å². The lowest BCUT2D eigenvalue weighted by molar-refractivity contribution is -0.132. The van der Waals surface area contributed by atoms with E-state index >= 15 is 0 Å². The molecule has 1 atom stereocenters. The van der Waals surface area contributed by atoms with Crippen molar-refractivity contribution in [2.24, 2.45) is 0 Å². The standard InChI is InChI=1S/C16H24N2O2.ClH/c1-3-13(14-4-6-15(20-2)7-5-14)12-16(19)18-10-8-17-9-11-18;/h4-7,13,17H,3,8-12H2,1-2H3;1H. The number of methoxy groups -OCH3 is 1. The molecule has 118 valence electrons. The second-order valence-corrected chi connectivity index (χ2v) is 5.21. The largest absolute Gasteiger partial charge is 0.497 e. The van der Waals surface area contributed by atoms with Crippen molar-refractivity contribution >= 4 is 18.3 Å². The summed E-state index contributed by atoms with van der Waals surface area (Å²) >= 11 is 0. The predicted octanol–water partition coefficient (Wildman–Crippen LogP) is 2.43. The molecular formula is C16H25ClN2O2. The zero-order chi connectivity index (χ0) is 14.4. The van der Waals surface area contributed by atoms with E-state index in [1.54, 1.807) is 7.11 Å². The molecule has 1 amide bonds. The Kier molecular flexibility index (Phi) is 7.54. The fraction of sp³-hybridized carbons (Fsp3) is 0.562. The SMILES string of the molecule is CCC(CC(=O)N1CCNCC1)c1ccc(OC)cc1.Cl. The van der Waals surface area contributed by atoms with Gasteiger partial charge in [0, 0.05) is 32.6 Å². The van der Waals surface area contributed by atoms with Gasteiger partial charge in [0.1, 0.15) is 5.75 Å². The van der Waals surface area contributed by atoms with Gasteiger partial charge in [0.2, 0.25) is 5.91 Å². The lowest BCUT2D eigenvalue weighted by Crippen LogP contribution is -2.46. The van der Waals surface area contributed by atoms with Crippen molar-refractivity contribution in [3.05, 3.63) is 29.8 Å². The Labute approximate surface area is 133 Å². The third-order valence-electron chi connectivity index (χ3n) is 3.97. The maximum Gasteiger partial charge on any atom is 0.223 e. The van der Waals surface area contributed by atoms with E-state index in [0.29, 0.717) is 12.3 Å². The average Bonchev–Trinajstić information content (AvgIpc) is 2.53. The summed E-state index contributed by atoms with van der Waals surface area (Å²) in [6.07, 6.45) is 1.58. The van der Waals surface area contributed by atoms with Crippen LogP contribution in [0.2, 0.25) is 0 Å². The van der Waals surface area contributed by atoms with Gasteiger partial charge in [0.05, 0.1) is 7.11 Å². The molecule has 0 spiro atoms. The number of hydrogen-bond donors (Lipinski definition) is 1. The molecule has 1 N–H and O–H groups in total. The molecular weight excluding hydrogens is 288 g/mol. The lowest BCUT2D eigenvalue weighted by Gasteiger charge is -2.29. The molecule has 2 rings (SSSR count). The summed E-state index contributed by atoms with van der Waals surface area (Å²) in [4.78, 5) is 14.3. The van der Waals surface area contributed by atoms with Crippen molar-refractivity contribution < 1.29 is 9.53 Å². The van der Waals surface area contributed by atoms with E-state index in [2.05, 4.69) is 24.4 Å². The van der Waals surface area contributed by atoms with Gasteiger partial charge < -0.3 is 15.0 Å². The van der Waals surface area contributed by atoms with Crippen molar-refractivity contribution in [3.8, 4) is 5.75 Å². The van der Waals surface area contributed by atoms with Crippen LogP contribution in [0.4, 0.5) is 0 Å². The summed E-state index contributed by atoms with van der Waals surface area (Å²) in [5.74, 6) is 1.43. The number of piperazine rings is 1. The van der Waals surface area contributed by atoms with Crippen LogP contribution in [0, 0.1) is 0 Å². The van der Waals surface area contributed by atoms with E-state index in [0.717, 1.165) is 38.3 Å². The number of halogens is 1. The summed E-state index contributed by atoms with van der Waals surface area (Å²) < 4.78 is 5.18. The van der Waals surface area contributed by atoms with Crippen LogP contribution in [0.1, 0.15) is 31.2 Å². The zero-order valence-electron chi connectivity index (χ0n) is 12.8. The molecule has 0 aromatic heterocycles. The van der Waals surface area contributed by atoms with E-state index in [1.165, 1.54) is 5.56 Å². The van der Waals surface area contributed by atoms with Gasteiger partial charge in [-0.15, -0.1) is 12.4 Å². The van der Waals surface area contributed by atoms with Crippen LogP contribution in [-0.2, 0) is 4.79 Å². The first-order chi connectivity index (χ1) is 9.74. The van der Waals surface area contributed by atoms with Gasteiger partial charge >= 0.3 is 0 Å². The van der Waals surface area contributed by atoms with E-state index in [4.69, 9.17) is 4.74 Å². The third-order valence-corrected chi connectivity index (χ3v) is 3.97. The predicted molar refractivity (Wildman–Crippen MR) is 87.3 cm³/mol. The van der Waals surface area contributed by atoms with Crippen molar-refractivity contribution in [1.82, 2.24) is 10.2 Å². The van der Waals surface area contributed by atoms with E-state index in [9.17, 15) is 4.79 Å². The van der Waals surface area contributed by atoms with Crippen molar-refractivity contribution in [2.75, 3.05) is 33.3 Å². The highest BCUT2D eigenvalue weighted by Crippen LogP contribution is 2.26. The smallest absolute Gasteiger partial charge is 0.223 e. The molecule has 21 heavy (non-hydrogen) atoms. The van der Waals surface area contributed by atoms with Gasteiger partial charge in [-0.05, 0) is 30.0 Å². The second-order valence-electron chi connectivity index (χ2n) is 5.21. The van der Waals surface area contributed by atoms with Crippen LogP contribution < -0.4 is 10.1 Å². The molecule has 0 saturated carbocycles. The summed E-state index contributed by atoms with van der Waals surface area (Å²) in [5.41, 5.74) is 1.22. The summed E-state index contributed by atoms with van der Waals surface area (Å²) in [6.45, 7) is 5.62. The highest BCUT2D eigenvalue weighted by molar-refractivity contribution is 5.85. The molecule has 1 saturated heterocycles. The molecule has 1 aromatic carbocycles. The van der Waals surface area contributed by atoms with Crippen molar-refractivity contribution in [1.29, 1.82) is 0 Å². The fourth-order valence-corrected chi connectivity index (χ4v) is 2.63. The van der Waals surface area contributed by atoms with Crippen LogP contribution in [0.25, 0.3) is 0 Å². The minimum Gasteiger partial charge on any atom is -0.497 e. The summed E-state index contributed by atoms with van der Waals surface area (Å²) in [7, 11) is 1.67. The van der Waals surface area contributed by atoms with Crippen LogP contribution in [0.3, 0.4) is 0 Å². The molecule has 0 aliphatic carbocycles. The third kappa shape index (κ3) is 4.90. The maximum atomic E-state index is 12.3. The van der Waals surface area contributed by atoms with Crippen LogP contribution in [0.15, 0.2) is 24.3 Å². The number of nitrogens with zero attached hydrogens (tertiary/aromatic N) is 1. The van der Waals surface area contributed by atoms with Gasteiger partial charge in [-0.1, -0.05) is 19.1 Å².